The van der Waals surface area contributed by atoms with Crippen LogP contribution in [0.5, 0.6) is 0 Å². The summed E-state index contributed by atoms with van der Waals surface area (Å²) in [6, 6.07) is 27.0. The van der Waals surface area contributed by atoms with Crippen molar-refractivity contribution < 1.29 is 80.3 Å². The third kappa shape index (κ3) is 11.8. The number of alkyl halides is 12. The van der Waals surface area contributed by atoms with Gasteiger partial charge in [0, 0.05) is 21.2 Å². The first-order chi connectivity index (χ1) is 30.8. The van der Waals surface area contributed by atoms with Crippen LogP contribution in [-0.4, -0.2) is 18.5 Å². The Morgan fingerprint density at radius 1 is 0.424 bits per heavy atom. The highest BCUT2D eigenvalue weighted by atomic mass is 31.2. The van der Waals surface area contributed by atoms with Gasteiger partial charge in [-0.3, -0.25) is 13.7 Å². The fraction of sp³-hybridized carbons (Fsp3) is 0.217. The van der Waals surface area contributed by atoms with E-state index in [1.807, 2.05) is 0 Å². The van der Waals surface area contributed by atoms with Crippen LogP contribution in [0.4, 0.5) is 52.7 Å². The molecule has 0 aromatic heterocycles. The van der Waals surface area contributed by atoms with Crippen LogP contribution in [0.15, 0.2) is 158 Å². The molecular formula is C46H36F12O6P2. The molecule has 0 saturated carbocycles. The van der Waals surface area contributed by atoms with Crippen molar-refractivity contribution >= 4 is 36.0 Å². The maximum atomic E-state index is 15.8. The lowest BCUT2D eigenvalue weighted by molar-refractivity contribution is -0.258. The minimum Gasteiger partial charge on any atom is -0.371 e. The van der Waals surface area contributed by atoms with Gasteiger partial charge in [-0.15, -0.1) is 0 Å². The molecule has 0 bridgehead atoms. The number of halogens is 12. The summed E-state index contributed by atoms with van der Waals surface area (Å²) >= 11 is 0. The highest BCUT2D eigenvalue weighted by Crippen LogP contribution is 2.54. The summed E-state index contributed by atoms with van der Waals surface area (Å²) in [5.74, 6) is -2.71. The van der Waals surface area contributed by atoms with Crippen molar-refractivity contribution in [3.05, 3.63) is 191 Å². The Balaban J connectivity index is 1.58. The van der Waals surface area contributed by atoms with Crippen molar-refractivity contribution in [2.24, 2.45) is 0 Å². The SMILES string of the molecule is C[C@@H](OP(=O)(c1ccc(C(F)(F)F)cc1)c1ccc(C(F)(F)F)cc1)[C@](COCc1ccccc1)(OCc1ccccc1)OP(=O)(c1ccc(C(F)(F)F)cc1)c1ccc(C(F)(F)F)cc1. The molecule has 66 heavy (non-hydrogen) atoms. The van der Waals surface area contributed by atoms with Crippen LogP contribution >= 0.6 is 14.7 Å². The lowest BCUT2D eigenvalue weighted by Gasteiger charge is -2.41. The minimum atomic E-state index is -5.10. The van der Waals surface area contributed by atoms with Crippen LogP contribution in [0, 0.1) is 0 Å². The molecule has 0 amide bonds. The first-order valence-electron chi connectivity index (χ1n) is 19.4. The summed E-state index contributed by atoms with van der Waals surface area (Å²) in [6.07, 6.45) is -21.5. The third-order valence-corrected chi connectivity index (χ3v) is 15.2. The largest absolute Gasteiger partial charge is 0.416 e. The average Bonchev–Trinajstić information content (AvgIpc) is 3.27. The summed E-state index contributed by atoms with van der Waals surface area (Å²) < 4.78 is 222. The third-order valence-electron chi connectivity index (χ3n) is 10.1. The van der Waals surface area contributed by atoms with Crippen molar-refractivity contribution in [1.29, 1.82) is 0 Å². The maximum Gasteiger partial charge on any atom is 0.416 e. The molecule has 0 spiro atoms. The molecule has 350 valence electrons. The Morgan fingerprint density at radius 2 is 0.727 bits per heavy atom. The van der Waals surface area contributed by atoms with E-state index < -0.39 is 108 Å². The average molecular weight is 975 g/mol. The molecule has 0 heterocycles. The number of ether oxygens (including phenoxy) is 2. The van der Waals surface area contributed by atoms with Crippen LogP contribution in [-0.2, 0) is 65.6 Å². The van der Waals surface area contributed by atoms with Crippen molar-refractivity contribution in [2.45, 2.75) is 56.7 Å². The van der Waals surface area contributed by atoms with Gasteiger partial charge in [0.2, 0.25) is 5.79 Å². The molecule has 0 aliphatic heterocycles. The first kappa shape index (κ1) is 50.2. The second-order valence-electron chi connectivity index (χ2n) is 14.7. The Labute approximate surface area is 370 Å². The van der Waals surface area contributed by atoms with Gasteiger partial charge < -0.3 is 14.0 Å². The van der Waals surface area contributed by atoms with E-state index in [-0.39, 0.29) is 6.61 Å². The Bertz CT molecular complexity index is 2500. The molecule has 0 unspecified atom stereocenters. The Kier molecular flexibility index (Phi) is 14.9. The molecule has 0 aliphatic rings. The van der Waals surface area contributed by atoms with Gasteiger partial charge in [0.15, 0.2) is 0 Å². The van der Waals surface area contributed by atoms with Gasteiger partial charge in [0.1, 0.15) is 12.7 Å². The predicted octanol–water partition coefficient (Wildman–Crippen LogP) is 12.5. The van der Waals surface area contributed by atoms with E-state index in [1.165, 1.54) is 0 Å². The number of hydrogen-bond acceptors (Lipinski definition) is 6. The summed E-state index contributed by atoms with van der Waals surface area (Å²) in [5, 5.41) is -1.96. The predicted molar refractivity (Wildman–Crippen MR) is 221 cm³/mol. The van der Waals surface area contributed by atoms with E-state index >= 15 is 9.13 Å². The molecule has 0 fully saturated rings. The van der Waals surface area contributed by atoms with Crippen LogP contribution in [0.1, 0.15) is 40.3 Å². The zero-order valence-electron chi connectivity index (χ0n) is 34.1. The van der Waals surface area contributed by atoms with E-state index in [4.69, 9.17) is 18.5 Å². The zero-order chi connectivity index (χ0) is 48.2. The molecule has 0 aliphatic carbocycles. The molecule has 20 heteroatoms. The molecule has 0 N–H and O–H groups in total. The van der Waals surface area contributed by atoms with Crippen molar-refractivity contribution in [3.63, 3.8) is 0 Å². The maximum absolute atomic E-state index is 15.8. The highest BCUT2D eigenvalue weighted by Gasteiger charge is 2.51. The second-order valence-corrected chi connectivity index (χ2v) is 19.3. The van der Waals surface area contributed by atoms with Crippen molar-refractivity contribution in [1.82, 2.24) is 0 Å². The molecular weight excluding hydrogens is 938 g/mol. The number of hydrogen-bond donors (Lipinski definition) is 0. The summed E-state index contributed by atoms with van der Waals surface area (Å²) in [7, 11) is -10.1. The number of rotatable bonds is 16. The standard InChI is InChI=1S/C46H36F12O6P2/c1-31(63-65(59,38-20-12-34(13-21-38)43(47,48)49)39-22-14-35(15-23-39)44(50,51)52)42(62-29-33-10-6-3-7-11-33,30-61-28-32-8-4-2-5-9-32)64-66(60,40-24-16-36(17-25-40)45(53,54)55)41-26-18-37(19-27-41)46(56,57)58/h2-27,31H,28-30H2,1H3/t31-,42-/m1/s1. The van der Waals surface area contributed by atoms with E-state index in [0.717, 1.165) is 55.5 Å². The second kappa shape index (κ2) is 19.6. The normalized spacial score (nSPS) is 14.4. The summed E-state index contributed by atoms with van der Waals surface area (Å²) in [4.78, 5) is 0. The van der Waals surface area contributed by atoms with E-state index in [9.17, 15) is 52.7 Å². The fourth-order valence-corrected chi connectivity index (χ4v) is 11.0. The number of benzene rings is 6. The van der Waals surface area contributed by atoms with E-state index in [2.05, 4.69) is 0 Å². The Hall–Kier alpha value is -5.22. The van der Waals surface area contributed by atoms with Gasteiger partial charge in [0.25, 0.3) is 14.7 Å². The van der Waals surface area contributed by atoms with Gasteiger partial charge in [-0.1, -0.05) is 60.7 Å². The van der Waals surface area contributed by atoms with Gasteiger partial charge in [-0.2, -0.15) is 52.7 Å². The smallest absolute Gasteiger partial charge is 0.371 e. The lowest BCUT2D eigenvalue weighted by atomic mass is 10.1. The molecule has 6 nitrogen and oxygen atoms in total. The van der Waals surface area contributed by atoms with Gasteiger partial charge in [-0.05, 0) is 115 Å². The van der Waals surface area contributed by atoms with E-state index in [1.54, 1.807) is 60.7 Å². The Morgan fingerprint density at radius 3 is 1.05 bits per heavy atom. The van der Waals surface area contributed by atoms with Crippen LogP contribution in [0.3, 0.4) is 0 Å². The van der Waals surface area contributed by atoms with Crippen molar-refractivity contribution in [3.8, 4) is 0 Å². The molecule has 0 saturated heterocycles. The zero-order valence-corrected chi connectivity index (χ0v) is 35.9. The van der Waals surface area contributed by atoms with Gasteiger partial charge >= 0.3 is 24.7 Å². The molecule has 6 aromatic rings. The minimum absolute atomic E-state index is 0.256. The van der Waals surface area contributed by atoms with Crippen LogP contribution in [0.2, 0.25) is 0 Å². The monoisotopic (exact) mass is 974 g/mol. The van der Waals surface area contributed by atoms with E-state index in [0.29, 0.717) is 59.7 Å². The summed E-state index contributed by atoms with van der Waals surface area (Å²) in [6.45, 7) is -0.482. The fourth-order valence-electron chi connectivity index (χ4n) is 6.50. The van der Waals surface area contributed by atoms with Crippen LogP contribution < -0.4 is 21.2 Å². The topological polar surface area (TPSA) is 71.1 Å². The molecule has 6 rings (SSSR count). The molecule has 2 atom stereocenters. The van der Waals surface area contributed by atoms with Crippen LogP contribution in [0.25, 0.3) is 0 Å². The molecule has 0 radical (unpaired) electrons. The quantitative estimate of drug-likeness (QED) is 0.0547. The van der Waals surface area contributed by atoms with Gasteiger partial charge in [0.05, 0.1) is 35.5 Å². The van der Waals surface area contributed by atoms with Gasteiger partial charge in [-0.25, -0.2) is 0 Å². The summed E-state index contributed by atoms with van der Waals surface area (Å²) in [5.41, 5.74) is -3.84. The first-order valence-corrected chi connectivity index (χ1v) is 22.7. The lowest BCUT2D eigenvalue weighted by Crippen LogP contribution is -2.52. The highest BCUT2D eigenvalue weighted by molar-refractivity contribution is 7.74. The van der Waals surface area contributed by atoms with Crippen molar-refractivity contribution in [2.75, 3.05) is 6.61 Å². The molecule has 6 aromatic carbocycles.